The third-order valence-electron chi connectivity index (χ3n) is 34.0. The van der Waals surface area contributed by atoms with Gasteiger partial charge in [0.15, 0.2) is 23.1 Å². The molecule has 12 aliphatic carbocycles. The molecule has 9 N–H and O–H groups in total. The molecule has 0 aromatic carbocycles. The monoisotopic (exact) mass is 1700 g/mol. The molecule has 0 bridgehead atoms. The first-order valence-electron chi connectivity index (χ1n) is 49.4. The van der Waals surface area contributed by atoms with E-state index in [0.29, 0.717) is 116 Å². The third kappa shape index (κ3) is 24.9. The van der Waals surface area contributed by atoms with Crippen molar-refractivity contribution in [2.45, 2.75) is 394 Å². The Kier molecular flexibility index (Phi) is 39.5. The van der Waals surface area contributed by atoms with Crippen LogP contribution in [0, 0.1) is 79.8 Å². The number of hydrogen-bond acceptors (Lipinski definition) is 18. The standard InChI is InChI=1S/C21H38N2O2.C21H41NO2.C20H36N2O2.C15H26O4.C13H18O3.C11H14O2/c1-16-9-10-18-15-19(11-12-21(18,3)17(16)2)25-20(24)23-14-8-6-5-7-13-22-4;1-4-5-6-7-8-15-22(3)20-11-9-10-18-17(13-16-23)19(24)12-14-21(18,20)2;1-15-8-9-17-14-18(10-11-20(17,3)16(15)2)24-19(23)22-13-7-5-4-6-12-21;1-14-7-4-13(17)11(5-8-16)12(14)3-2-6-15(14)18-9-10-19-15;1-12-6-4-11(14)9-10(12)3-2-5-13(12)15-7-8-16-13;1-11-6-5-9(12)7-8(11)3-2-4-10(11)13/h10,16-17,19,22H,5-9,11-15H2,1-4H3,(H,23,24);17-20,23-24H,4-16H2,1-3H3;9,15-16,18H,4-8,10-14,21H2,1-3H3,(H,22,23);11-13,16-17H,2-10H2,1H3;9H,2-8H2,1H3;7H,2-6H2,1H3/t16?,17?,19-,21+;17-,18-,19?,20?,21-;15?,16?,18-,20+;11-,12-,13?,14-;12-;11-/m000000/s1. The Morgan fingerprint density at radius 3 is 1.58 bits per heavy atom. The molecule has 2 amide bonds. The number of aliphatic hydroxyl groups is 4. The highest BCUT2D eigenvalue weighted by atomic mass is 16.7. The summed E-state index contributed by atoms with van der Waals surface area (Å²) in [6.45, 7) is 33.1. The van der Waals surface area contributed by atoms with Crippen molar-refractivity contribution in [3.63, 3.8) is 0 Å². The molecule has 2 heterocycles. The van der Waals surface area contributed by atoms with Crippen molar-refractivity contribution >= 4 is 29.5 Å². The van der Waals surface area contributed by atoms with Crippen LogP contribution in [0.3, 0.4) is 0 Å². The highest BCUT2D eigenvalue weighted by molar-refractivity contribution is 5.97. The highest BCUT2D eigenvalue weighted by Crippen LogP contribution is 2.62. The summed E-state index contributed by atoms with van der Waals surface area (Å²) in [4.78, 5) is 61.0. The number of carbonyl (C=O) groups is 5. The molecule has 19 atom stereocenters. The van der Waals surface area contributed by atoms with E-state index >= 15 is 0 Å². The van der Waals surface area contributed by atoms with Gasteiger partial charge in [0.1, 0.15) is 18.0 Å². The molecule has 692 valence electrons. The second-order valence-corrected chi connectivity index (χ2v) is 41.3. The highest BCUT2D eigenvalue weighted by Gasteiger charge is 2.63. The Hall–Kier alpha value is -3.93. The van der Waals surface area contributed by atoms with Crippen LogP contribution in [0.4, 0.5) is 9.59 Å². The maximum atomic E-state index is 12.0. The van der Waals surface area contributed by atoms with Crippen LogP contribution in [0.25, 0.3) is 0 Å². The number of aliphatic hydroxyl groups excluding tert-OH is 4. The number of ketones is 3. The summed E-state index contributed by atoms with van der Waals surface area (Å²) in [5.41, 5.74) is 11.4. The van der Waals surface area contributed by atoms with Crippen LogP contribution in [0.5, 0.6) is 0 Å². The molecule has 10 fully saturated rings. The maximum absolute atomic E-state index is 12.0. The number of ether oxygens (including phenoxy) is 6. The van der Waals surface area contributed by atoms with Gasteiger partial charge in [-0.3, -0.25) is 14.4 Å². The van der Waals surface area contributed by atoms with Gasteiger partial charge in [-0.1, -0.05) is 161 Å². The molecule has 0 radical (unpaired) electrons. The van der Waals surface area contributed by atoms with E-state index in [1.54, 1.807) is 6.08 Å². The number of alkyl carbamates (subject to hydrolysis) is 2. The van der Waals surface area contributed by atoms with E-state index in [4.69, 9.17) is 34.2 Å². The van der Waals surface area contributed by atoms with Gasteiger partial charge in [-0.2, -0.15) is 0 Å². The summed E-state index contributed by atoms with van der Waals surface area (Å²) in [7, 11) is 4.31. The molecule has 2 saturated heterocycles. The zero-order valence-corrected chi connectivity index (χ0v) is 78.3. The average molecular weight is 1700 g/mol. The number of fused-ring (bicyclic) bond motifs is 8. The summed E-state index contributed by atoms with van der Waals surface area (Å²) < 4.78 is 35.3. The van der Waals surface area contributed by atoms with Crippen molar-refractivity contribution in [1.29, 1.82) is 0 Å². The van der Waals surface area contributed by atoms with Crippen LogP contribution in [0.15, 0.2) is 46.6 Å². The second-order valence-electron chi connectivity index (χ2n) is 41.3. The summed E-state index contributed by atoms with van der Waals surface area (Å²) in [6.07, 6.45) is 52.2. The fourth-order valence-corrected chi connectivity index (χ4v) is 25.3. The largest absolute Gasteiger partial charge is 0.446 e. The summed E-state index contributed by atoms with van der Waals surface area (Å²) in [5, 5.41) is 48.5. The van der Waals surface area contributed by atoms with Gasteiger partial charge in [0.05, 0.1) is 38.6 Å². The lowest BCUT2D eigenvalue weighted by molar-refractivity contribution is -0.290. The summed E-state index contributed by atoms with van der Waals surface area (Å²) in [6, 6.07) is 0.649. The molecular weight excluding hydrogens is 1520 g/mol. The Labute approximate surface area is 732 Å². The van der Waals surface area contributed by atoms with Crippen molar-refractivity contribution < 1.29 is 72.8 Å². The molecule has 121 heavy (non-hydrogen) atoms. The van der Waals surface area contributed by atoms with E-state index in [1.807, 2.05) is 20.0 Å². The van der Waals surface area contributed by atoms with Gasteiger partial charge in [0, 0.05) is 93.5 Å². The number of Topliss-reactive ketones (excluding diaryl/α,β-unsaturated/α-hetero) is 1. The zero-order valence-electron chi connectivity index (χ0n) is 78.3. The Balaban J connectivity index is 0.000000167. The topological polar surface area (TPSA) is 287 Å². The molecule has 8 saturated carbocycles. The van der Waals surface area contributed by atoms with Gasteiger partial charge in [-0.25, -0.2) is 9.59 Å². The second kappa shape index (κ2) is 47.4. The predicted octanol–water partition coefficient (Wildman–Crippen LogP) is 19.2. The van der Waals surface area contributed by atoms with Gasteiger partial charge in [0.25, 0.3) is 0 Å². The number of unbranched alkanes of at least 4 members (excludes halogenated alkanes) is 10. The predicted molar refractivity (Wildman–Crippen MR) is 482 cm³/mol. The number of nitrogens with zero attached hydrogens (tertiary/aromatic N) is 1. The SMILES string of the molecule is CC1CC=C2C[C@@H](OC(=O)NCCCCCCN)CC[C@]2(C)C1C.CCCCCCCN(C)C1CCC[C@H]2[C@H](CCO)C(O)CC[C@]12C.CNCCCCCCNC(=O)O[C@H]1CC[C@@]2(C)C(=CCC(C)C2C)C1.C[C@]12CCC(=O)C=C1CCCC21OCCO1.C[C@]12CCC(=O)C=C1CCCC2=O.C[C@]12CCC(O)[C@@H](CCO)[C@@H]1CCCC21OCCO1. The molecule has 2 aliphatic heterocycles. The summed E-state index contributed by atoms with van der Waals surface area (Å²) >= 11 is 0. The Bertz CT molecular complexity index is 3370. The quantitative estimate of drug-likeness (QED) is 0.0295. The minimum Gasteiger partial charge on any atom is -0.446 e. The van der Waals surface area contributed by atoms with Crippen molar-refractivity contribution in [3.05, 3.63) is 46.6 Å². The van der Waals surface area contributed by atoms with Crippen molar-refractivity contribution in [2.75, 3.05) is 86.5 Å². The summed E-state index contributed by atoms with van der Waals surface area (Å²) in [5.74, 6) is 4.32. The number of nitrogens with one attached hydrogen (secondary N) is 3. The number of rotatable bonds is 26. The van der Waals surface area contributed by atoms with E-state index in [-0.39, 0.29) is 83.5 Å². The molecule has 0 aromatic heterocycles. The maximum Gasteiger partial charge on any atom is 0.407 e. The van der Waals surface area contributed by atoms with Gasteiger partial charge in [0.2, 0.25) is 0 Å². The van der Waals surface area contributed by atoms with Crippen molar-refractivity contribution in [1.82, 2.24) is 20.9 Å². The fraction of sp³-hybridized carbons (Fsp3) is 0.871. The molecular formula is C101H173N5O15. The smallest absolute Gasteiger partial charge is 0.407 e. The number of carbonyl (C=O) groups excluding carboxylic acids is 5. The zero-order chi connectivity index (χ0) is 87.7. The van der Waals surface area contributed by atoms with Crippen LogP contribution in [-0.2, 0) is 42.8 Å². The van der Waals surface area contributed by atoms with E-state index in [0.717, 1.165) is 217 Å². The average Bonchev–Trinajstić information content (AvgIpc) is 1.74. The Morgan fingerprint density at radius 2 is 1.02 bits per heavy atom. The van der Waals surface area contributed by atoms with Gasteiger partial charge >= 0.3 is 12.2 Å². The minimum atomic E-state index is -0.433. The normalized spacial score (nSPS) is 36.1. The molecule has 2 spiro atoms. The van der Waals surface area contributed by atoms with E-state index in [9.17, 15) is 44.4 Å². The molecule has 0 aromatic rings. The molecule has 20 heteroatoms. The fourth-order valence-electron chi connectivity index (χ4n) is 25.3. The van der Waals surface area contributed by atoms with Gasteiger partial charge < -0.3 is 75.4 Å². The first kappa shape index (κ1) is 101. The molecule has 20 nitrogen and oxygen atoms in total. The first-order chi connectivity index (χ1) is 57.9. The first-order valence-corrected chi connectivity index (χ1v) is 49.4. The van der Waals surface area contributed by atoms with Gasteiger partial charge in [-0.05, 0) is 290 Å². The number of amides is 2. The number of nitrogens with two attached hydrogens (primary N) is 1. The lowest BCUT2D eigenvalue weighted by Gasteiger charge is -2.58. The van der Waals surface area contributed by atoms with Crippen LogP contribution in [-0.4, -0.2) is 183 Å². The van der Waals surface area contributed by atoms with Crippen LogP contribution >= 0.6 is 0 Å². The minimum absolute atomic E-state index is 0.0131. The van der Waals surface area contributed by atoms with E-state index < -0.39 is 11.6 Å². The van der Waals surface area contributed by atoms with Crippen molar-refractivity contribution in [2.24, 2.45) is 85.6 Å². The number of allylic oxidation sites excluding steroid dienone is 5. The van der Waals surface area contributed by atoms with Crippen LogP contribution < -0.4 is 21.7 Å². The van der Waals surface area contributed by atoms with Crippen molar-refractivity contribution in [3.8, 4) is 0 Å². The number of hydrogen-bond donors (Lipinski definition) is 8. The molecule has 14 rings (SSSR count). The third-order valence-corrected chi connectivity index (χ3v) is 34.0. The Morgan fingerprint density at radius 1 is 0.521 bits per heavy atom. The van der Waals surface area contributed by atoms with E-state index in [2.05, 4.69) is 109 Å². The lowest BCUT2D eigenvalue weighted by Crippen LogP contribution is -2.60. The lowest BCUT2D eigenvalue weighted by atomic mass is 9.52. The van der Waals surface area contributed by atoms with Gasteiger partial charge in [-0.15, -0.1) is 0 Å². The van der Waals surface area contributed by atoms with E-state index in [1.165, 1.54) is 93.9 Å². The van der Waals surface area contributed by atoms with Crippen LogP contribution in [0.1, 0.15) is 352 Å². The molecule has 14 aliphatic rings. The van der Waals surface area contributed by atoms with Crippen LogP contribution in [0.2, 0.25) is 0 Å². The molecule has 7 unspecified atom stereocenters.